The van der Waals surface area contributed by atoms with Crippen molar-refractivity contribution in [3.8, 4) is 0 Å². The van der Waals surface area contributed by atoms with Crippen LogP contribution in [0.1, 0.15) is 64.5 Å². The highest BCUT2D eigenvalue weighted by atomic mass is 19.1. The molecule has 332 valence electrons. The lowest BCUT2D eigenvalue weighted by Crippen LogP contribution is -2.36. The maximum absolute atomic E-state index is 14.9. The first kappa shape index (κ1) is 43.6. The van der Waals surface area contributed by atoms with Crippen molar-refractivity contribution in [1.29, 1.82) is 0 Å². The van der Waals surface area contributed by atoms with Crippen LogP contribution in [-0.2, 0) is 19.1 Å². The number of amides is 4. The van der Waals surface area contributed by atoms with Crippen LogP contribution < -0.4 is 30.2 Å². The average molecular weight is 869 g/mol. The first-order chi connectivity index (χ1) is 29.9. The van der Waals surface area contributed by atoms with Gasteiger partial charge in [-0.3, -0.25) is 19.4 Å². The fraction of sp³-hybridized carbons (Fsp3) is 0.500. The molecule has 4 aromatic rings. The van der Waals surface area contributed by atoms with E-state index in [0.29, 0.717) is 64.7 Å². The van der Waals surface area contributed by atoms with Crippen molar-refractivity contribution in [1.82, 2.24) is 40.6 Å². The maximum Gasteiger partial charge on any atom is 0.414 e. The summed E-state index contributed by atoms with van der Waals surface area (Å²) in [5.74, 6) is -3.26. The molecule has 0 bridgehead atoms. The summed E-state index contributed by atoms with van der Waals surface area (Å²) in [6.07, 6.45) is 7.39. The van der Waals surface area contributed by atoms with Crippen LogP contribution in [0.25, 0.3) is 0 Å². The van der Waals surface area contributed by atoms with Crippen molar-refractivity contribution in [2.45, 2.75) is 76.7 Å². The van der Waals surface area contributed by atoms with Crippen LogP contribution in [0, 0.1) is 23.3 Å². The predicted molar refractivity (Wildman–Crippen MR) is 216 cm³/mol. The summed E-state index contributed by atoms with van der Waals surface area (Å²) in [5.41, 5.74) is -0.0238. The Bertz CT molecular complexity index is 2000. The van der Waals surface area contributed by atoms with E-state index >= 15 is 0 Å². The fourth-order valence-corrected chi connectivity index (χ4v) is 7.90. The van der Waals surface area contributed by atoms with E-state index in [1.54, 1.807) is 57.9 Å². The number of cyclic esters (lactones) is 2. The zero-order valence-corrected chi connectivity index (χ0v) is 34.3. The van der Waals surface area contributed by atoms with Gasteiger partial charge in [-0.1, -0.05) is 19.1 Å². The second-order valence-electron chi connectivity index (χ2n) is 15.2. The Hall–Kier alpha value is -6.48. The Labute approximate surface area is 354 Å². The highest BCUT2D eigenvalue weighted by molar-refractivity contribution is 5.91. The summed E-state index contributed by atoms with van der Waals surface area (Å²) in [4.78, 5) is 54.5. The fourth-order valence-electron chi connectivity index (χ4n) is 7.90. The van der Waals surface area contributed by atoms with Crippen LogP contribution in [0.4, 0.5) is 49.9 Å². The van der Waals surface area contributed by atoms with Crippen LogP contribution in [0.5, 0.6) is 0 Å². The van der Waals surface area contributed by atoms with Crippen molar-refractivity contribution < 1.29 is 46.2 Å². The summed E-state index contributed by atoms with van der Waals surface area (Å²) >= 11 is 0. The molecule has 2 aromatic carbocycles. The maximum atomic E-state index is 14.9. The number of hydrogen-bond donors (Lipinski definition) is 2. The molecule has 2 N–H and O–H groups in total. The molecule has 4 aliphatic heterocycles. The normalized spacial score (nSPS) is 19.6. The molecule has 18 nitrogen and oxygen atoms in total. The van der Waals surface area contributed by atoms with Crippen LogP contribution in [0.15, 0.2) is 49.1 Å². The molecule has 4 aliphatic rings. The Balaban J connectivity index is 0.000000186. The van der Waals surface area contributed by atoms with E-state index in [9.17, 15) is 36.7 Å². The molecule has 0 spiro atoms. The molecule has 4 saturated heterocycles. The van der Waals surface area contributed by atoms with Crippen molar-refractivity contribution in [2.75, 3.05) is 72.0 Å². The van der Waals surface area contributed by atoms with Gasteiger partial charge in [0, 0.05) is 69.5 Å². The highest BCUT2D eigenvalue weighted by Gasteiger charge is 2.36. The molecule has 0 unspecified atom stereocenters. The van der Waals surface area contributed by atoms with Gasteiger partial charge in [-0.05, 0) is 25.7 Å². The lowest BCUT2D eigenvalue weighted by Gasteiger charge is -2.34. The number of nitrogens with zero attached hydrogens (tertiary/aromatic N) is 10. The molecular weight excluding hydrogens is 821 g/mol. The number of hydrogen-bond acceptors (Lipinski definition) is 12. The van der Waals surface area contributed by atoms with Gasteiger partial charge in [0.05, 0.1) is 68.2 Å². The third-order valence-electron chi connectivity index (χ3n) is 11.2. The molecule has 4 fully saturated rings. The van der Waals surface area contributed by atoms with E-state index in [-0.39, 0.29) is 72.8 Å². The molecule has 0 saturated carbocycles. The molecule has 0 radical (unpaired) electrons. The minimum absolute atomic E-state index is 0.0868. The number of carbonyl (C=O) groups excluding carboxylic acids is 4. The smallest absolute Gasteiger partial charge is 0.414 e. The van der Waals surface area contributed by atoms with Gasteiger partial charge >= 0.3 is 12.2 Å². The van der Waals surface area contributed by atoms with Gasteiger partial charge in [0.1, 0.15) is 23.6 Å². The topological polar surface area (TPSA) is 185 Å². The standard InChI is InChI=1S/2C20H24F2N6O3/c1-2-18(29)23-11-15-12-27(20(30)31-15)14-9-16(21)19(17(22)10-14)26-7-3-13(4-8-26)28-24-5-6-25-28;1-2-18(29)23-11-15-12-27(20(30)31-15)14-9-16(21)19(17(22)10-14)26-6-3-13(4-7-26)28-8-5-24-25-28/h5-6,9-10,13,15H,2-4,7-8,11-12H2,1H3,(H,23,29);5,8-10,13,15H,2-4,6-7,11-12H2,1H3,(H,23,29)/t2*15-/m00/s1. The van der Waals surface area contributed by atoms with Gasteiger partial charge < -0.3 is 29.9 Å². The minimum Gasteiger partial charge on any atom is -0.442 e. The molecule has 4 amide bonds. The van der Waals surface area contributed by atoms with Gasteiger partial charge in [0.2, 0.25) is 11.8 Å². The lowest BCUT2D eigenvalue weighted by atomic mass is 10.0. The Morgan fingerprint density at radius 3 is 1.47 bits per heavy atom. The summed E-state index contributed by atoms with van der Waals surface area (Å²) in [5, 5.41) is 21.4. The molecule has 2 atom stereocenters. The number of aromatic nitrogens is 6. The van der Waals surface area contributed by atoms with Gasteiger partial charge in [-0.2, -0.15) is 15.0 Å². The van der Waals surface area contributed by atoms with Gasteiger partial charge in [0.25, 0.3) is 0 Å². The quantitative estimate of drug-likeness (QED) is 0.191. The number of halogens is 4. The third kappa shape index (κ3) is 10.00. The predicted octanol–water partition coefficient (Wildman–Crippen LogP) is 4.50. The van der Waals surface area contributed by atoms with Crippen LogP contribution in [0.2, 0.25) is 0 Å². The zero-order chi connectivity index (χ0) is 43.9. The van der Waals surface area contributed by atoms with Crippen LogP contribution >= 0.6 is 0 Å². The van der Waals surface area contributed by atoms with E-state index in [1.165, 1.54) is 9.80 Å². The molecule has 6 heterocycles. The summed E-state index contributed by atoms with van der Waals surface area (Å²) < 4.78 is 71.8. The summed E-state index contributed by atoms with van der Waals surface area (Å²) in [6.45, 7) is 5.81. The number of anilines is 4. The Morgan fingerprint density at radius 2 is 1.08 bits per heavy atom. The van der Waals surface area contributed by atoms with Gasteiger partial charge in [0.15, 0.2) is 23.3 Å². The van der Waals surface area contributed by atoms with Crippen molar-refractivity contribution in [3.05, 3.63) is 72.3 Å². The molecule has 8 rings (SSSR count). The zero-order valence-electron chi connectivity index (χ0n) is 34.3. The molecule has 2 aromatic heterocycles. The second-order valence-corrected chi connectivity index (χ2v) is 15.2. The third-order valence-corrected chi connectivity index (χ3v) is 11.2. The second kappa shape index (κ2) is 19.5. The lowest BCUT2D eigenvalue weighted by molar-refractivity contribution is -0.121. The Morgan fingerprint density at radius 1 is 0.661 bits per heavy atom. The molecular formula is C40H48F4N12O6. The SMILES string of the molecule is CCC(=O)NC[C@H]1CN(c2cc(F)c(N3CCC(n4ccnn4)CC3)c(F)c2)C(=O)O1.CCC(=O)NC[C@H]1CN(c2cc(F)c(N3CCC(n4nccn4)CC3)c(F)c2)C(=O)O1. The van der Waals surface area contributed by atoms with Gasteiger partial charge in [-0.25, -0.2) is 31.8 Å². The average Bonchev–Trinajstić information content (AvgIpc) is 4.11. The van der Waals surface area contributed by atoms with E-state index in [1.807, 2.05) is 0 Å². The van der Waals surface area contributed by atoms with Crippen molar-refractivity contribution in [3.63, 3.8) is 0 Å². The first-order valence-electron chi connectivity index (χ1n) is 20.6. The number of piperidine rings is 2. The number of carbonyl (C=O) groups is 4. The van der Waals surface area contributed by atoms with Crippen molar-refractivity contribution in [2.24, 2.45) is 0 Å². The largest absolute Gasteiger partial charge is 0.442 e. The summed E-state index contributed by atoms with van der Waals surface area (Å²) in [7, 11) is 0. The number of rotatable bonds is 12. The number of benzene rings is 2. The van der Waals surface area contributed by atoms with Crippen molar-refractivity contribution >= 4 is 46.8 Å². The first-order valence-corrected chi connectivity index (χ1v) is 20.6. The Kier molecular flexibility index (Phi) is 13.7. The van der Waals surface area contributed by atoms with Crippen LogP contribution in [0.3, 0.4) is 0 Å². The number of nitrogens with one attached hydrogen (secondary N) is 2. The van der Waals surface area contributed by atoms with E-state index in [4.69, 9.17) is 9.47 Å². The van der Waals surface area contributed by atoms with Crippen LogP contribution in [-0.4, -0.2) is 119 Å². The number of ether oxygens (including phenoxy) is 2. The van der Waals surface area contributed by atoms with E-state index in [2.05, 4.69) is 31.1 Å². The molecule has 62 heavy (non-hydrogen) atoms. The minimum atomic E-state index is -0.735. The molecule has 0 aliphatic carbocycles. The van der Waals surface area contributed by atoms with E-state index in [0.717, 1.165) is 24.3 Å². The molecule has 22 heteroatoms. The van der Waals surface area contributed by atoms with Gasteiger partial charge in [-0.15, -0.1) is 5.10 Å². The highest BCUT2D eigenvalue weighted by Crippen LogP contribution is 2.35. The monoisotopic (exact) mass is 868 g/mol. The van der Waals surface area contributed by atoms with E-state index < -0.39 is 47.7 Å². The summed E-state index contributed by atoms with van der Waals surface area (Å²) in [6, 6.07) is 4.84.